The number of nitrogens with one attached hydrogen (secondary N) is 1. The molecule has 1 saturated heterocycles. The van der Waals surface area contributed by atoms with Crippen molar-refractivity contribution in [2.75, 3.05) is 30.9 Å². The normalized spacial score (nSPS) is 19.9. The molecule has 0 saturated carbocycles. The van der Waals surface area contributed by atoms with Crippen molar-refractivity contribution in [1.82, 2.24) is 15.3 Å². The Morgan fingerprint density at radius 3 is 2.76 bits per heavy atom. The number of benzene rings is 2. The quantitative estimate of drug-likeness (QED) is 0.590. The molecular weight excluding hydrogens is 456 g/mol. The Kier molecular flexibility index (Phi) is 5.76. The van der Waals surface area contributed by atoms with E-state index in [0.717, 1.165) is 17.5 Å². The van der Waals surface area contributed by atoms with Crippen LogP contribution >= 0.6 is 0 Å². The molecule has 34 heavy (non-hydrogen) atoms. The van der Waals surface area contributed by atoms with Gasteiger partial charge in [0.25, 0.3) is 0 Å². The van der Waals surface area contributed by atoms with Gasteiger partial charge in [0.05, 0.1) is 22.7 Å². The number of nitrogens with zero attached hydrogens (tertiary/aromatic N) is 3. The molecule has 2 unspecified atom stereocenters. The molecule has 10 heteroatoms. The Labute approximate surface area is 198 Å². The van der Waals surface area contributed by atoms with Crippen molar-refractivity contribution in [1.29, 1.82) is 0 Å². The maximum atomic E-state index is 13.1. The number of hydrogen-bond acceptors (Lipinski definition) is 8. The molecule has 1 N–H and O–H groups in total. The van der Waals surface area contributed by atoms with Crippen LogP contribution in [0.15, 0.2) is 47.4 Å². The summed E-state index contributed by atoms with van der Waals surface area (Å²) in [6.45, 7) is 3.19. The number of carbonyl (C=O) groups excluding carboxylic acids is 1. The van der Waals surface area contributed by atoms with Gasteiger partial charge in [-0.2, -0.15) is 0 Å². The Bertz CT molecular complexity index is 1360. The number of ether oxygens (including phenoxy) is 2. The van der Waals surface area contributed by atoms with E-state index in [1.807, 2.05) is 36.1 Å². The third-order valence-corrected chi connectivity index (χ3v) is 7.27. The number of aryl methyl sites for hydroxylation is 1. The van der Waals surface area contributed by atoms with Crippen LogP contribution in [0.1, 0.15) is 18.5 Å². The van der Waals surface area contributed by atoms with Gasteiger partial charge in [0.2, 0.25) is 11.9 Å². The molecule has 0 aliphatic carbocycles. The van der Waals surface area contributed by atoms with E-state index < -0.39 is 15.9 Å². The van der Waals surface area contributed by atoms with E-state index in [1.54, 1.807) is 18.2 Å². The minimum atomic E-state index is -3.36. The minimum absolute atomic E-state index is 0.119. The summed E-state index contributed by atoms with van der Waals surface area (Å²) in [7, 11) is -3.36. The van der Waals surface area contributed by atoms with E-state index in [1.165, 1.54) is 6.26 Å². The smallest absolute Gasteiger partial charge is 0.242 e. The van der Waals surface area contributed by atoms with Crippen molar-refractivity contribution in [3.63, 3.8) is 0 Å². The zero-order valence-corrected chi connectivity index (χ0v) is 19.8. The first-order valence-corrected chi connectivity index (χ1v) is 13.1. The molecule has 1 aromatic heterocycles. The van der Waals surface area contributed by atoms with Crippen molar-refractivity contribution in [3.8, 4) is 11.5 Å². The zero-order valence-electron chi connectivity index (χ0n) is 19.0. The van der Waals surface area contributed by atoms with Crippen LogP contribution in [0.25, 0.3) is 10.9 Å². The molecule has 0 spiro atoms. The second-order valence-corrected chi connectivity index (χ2v) is 10.7. The fourth-order valence-electron chi connectivity index (χ4n) is 4.39. The number of fused-ring (bicyclic) bond motifs is 2. The van der Waals surface area contributed by atoms with Gasteiger partial charge in [-0.15, -0.1) is 0 Å². The SMILES string of the molecule is Cc1nc(N2CCCC2C(=O)NCC2COc3ccccc3O2)nc2cc(S(C)(=O)=O)ccc12. The van der Waals surface area contributed by atoms with Crippen LogP contribution in [0.5, 0.6) is 11.5 Å². The van der Waals surface area contributed by atoms with Gasteiger partial charge in [0.15, 0.2) is 21.3 Å². The number of hydrogen-bond donors (Lipinski definition) is 1. The molecule has 1 fully saturated rings. The van der Waals surface area contributed by atoms with Crippen molar-refractivity contribution in [2.24, 2.45) is 0 Å². The van der Waals surface area contributed by atoms with Crippen LogP contribution in [-0.4, -0.2) is 62.4 Å². The molecule has 0 bridgehead atoms. The predicted molar refractivity (Wildman–Crippen MR) is 127 cm³/mol. The molecule has 2 aromatic carbocycles. The molecule has 5 rings (SSSR count). The molecule has 3 aromatic rings. The summed E-state index contributed by atoms with van der Waals surface area (Å²) in [4.78, 5) is 24.4. The molecular formula is C24H26N4O5S. The van der Waals surface area contributed by atoms with Gasteiger partial charge in [-0.25, -0.2) is 18.4 Å². The van der Waals surface area contributed by atoms with E-state index >= 15 is 0 Å². The first kappa shape index (κ1) is 22.4. The number of para-hydroxylation sites is 2. The highest BCUT2D eigenvalue weighted by molar-refractivity contribution is 7.90. The fourth-order valence-corrected chi connectivity index (χ4v) is 5.03. The lowest BCUT2D eigenvalue weighted by Crippen LogP contribution is -2.48. The van der Waals surface area contributed by atoms with Gasteiger partial charge in [0, 0.05) is 18.2 Å². The van der Waals surface area contributed by atoms with E-state index in [0.29, 0.717) is 49.1 Å². The number of rotatable bonds is 5. The summed E-state index contributed by atoms with van der Waals surface area (Å²) in [6, 6.07) is 11.9. The summed E-state index contributed by atoms with van der Waals surface area (Å²) in [5, 5.41) is 3.77. The largest absolute Gasteiger partial charge is 0.486 e. The van der Waals surface area contributed by atoms with E-state index in [9.17, 15) is 13.2 Å². The summed E-state index contributed by atoms with van der Waals surface area (Å²) in [6.07, 6.45) is 2.41. The summed E-state index contributed by atoms with van der Waals surface area (Å²) >= 11 is 0. The lowest BCUT2D eigenvalue weighted by Gasteiger charge is -2.28. The van der Waals surface area contributed by atoms with E-state index in [4.69, 9.17) is 9.47 Å². The van der Waals surface area contributed by atoms with Gasteiger partial charge in [-0.3, -0.25) is 4.79 Å². The lowest BCUT2D eigenvalue weighted by atomic mass is 10.2. The van der Waals surface area contributed by atoms with Crippen LogP contribution < -0.4 is 19.7 Å². The van der Waals surface area contributed by atoms with Crippen molar-refractivity contribution in [3.05, 3.63) is 48.2 Å². The van der Waals surface area contributed by atoms with Crippen molar-refractivity contribution < 1.29 is 22.7 Å². The van der Waals surface area contributed by atoms with Crippen LogP contribution in [0, 0.1) is 6.92 Å². The van der Waals surface area contributed by atoms with Gasteiger partial charge in [0.1, 0.15) is 18.8 Å². The maximum Gasteiger partial charge on any atom is 0.242 e. The molecule has 2 aliphatic rings. The Morgan fingerprint density at radius 2 is 1.97 bits per heavy atom. The second-order valence-electron chi connectivity index (χ2n) is 8.65. The second kappa shape index (κ2) is 8.75. The monoisotopic (exact) mass is 482 g/mol. The molecule has 178 valence electrons. The lowest BCUT2D eigenvalue weighted by molar-refractivity contribution is -0.122. The predicted octanol–water partition coefficient (Wildman–Crippen LogP) is 2.27. The first-order chi connectivity index (χ1) is 16.3. The molecule has 3 heterocycles. The molecule has 1 amide bonds. The molecule has 2 atom stereocenters. The van der Waals surface area contributed by atoms with Crippen LogP contribution in [0.3, 0.4) is 0 Å². The number of amides is 1. The van der Waals surface area contributed by atoms with Crippen LogP contribution in [-0.2, 0) is 14.6 Å². The molecule has 9 nitrogen and oxygen atoms in total. The third kappa shape index (κ3) is 4.37. The van der Waals surface area contributed by atoms with Crippen LogP contribution in [0.2, 0.25) is 0 Å². The average Bonchev–Trinajstić information content (AvgIpc) is 3.31. The highest BCUT2D eigenvalue weighted by Crippen LogP contribution is 2.31. The first-order valence-electron chi connectivity index (χ1n) is 11.2. The van der Waals surface area contributed by atoms with Gasteiger partial charge in [-0.05, 0) is 50.1 Å². The van der Waals surface area contributed by atoms with Crippen LogP contribution in [0.4, 0.5) is 5.95 Å². The summed E-state index contributed by atoms with van der Waals surface area (Å²) < 4.78 is 35.6. The third-order valence-electron chi connectivity index (χ3n) is 6.16. The number of aromatic nitrogens is 2. The van der Waals surface area contributed by atoms with Gasteiger partial charge < -0.3 is 19.7 Å². The van der Waals surface area contributed by atoms with Crippen molar-refractivity contribution >= 4 is 32.6 Å². The number of sulfone groups is 1. The zero-order chi connectivity index (χ0) is 23.9. The molecule has 0 radical (unpaired) electrons. The summed E-state index contributed by atoms with van der Waals surface area (Å²) in [5.74, 6) is 1.68. The topological polar surface area (TPSA) is 111 Å². The minimum Gasteiger partial charge on any atom is -0.486 e. The standard InChI is InChI=1S/C24H26N4O5S/c1-15-18-10-9-17(34(2,30)31)12-19(18)27-24(26-15)28-11-5-6-20(28)23(29)25-13-16-14-32-21-7-3-4-8-22(21)33-16/h3-4,7-10,12,16,20H,5-6,11,13-14H2,1-2H3,(H,25,29). The Morgan fingerprint density at radius 1 is 1.18 bits per heavy atom. The van der Waals surface area contributed by atoms with E-state index in [-0.39, 0.29) is 16.9 Å². The molecule has 2 aliphatic heterocycles. The van der Waals surface area contributed by atoms with E-state index in [2.05, 4.69) is 15.3 Å². The Hall–Kier alpha value is -3.40. The Balaban J connectivity index is 1.32. The van der Waals surface area contributed by atoms with Gasteiger partial charge in [-0.1, -0.05) is 12.1 Å². The fraction of sp³-hybridized carbons (Fsp3) is 0.375. The maximum absolute atomic E-state index is 13.1. The number of anilines is 1. The highest BCUT2D eigenvalue weighted by Gasteiger charge is 2.33. The number of carbonyl (C=O) groups is 1. The average molecular weight is 483 g/mol. The van der Waals surface area contributed by atoms with Crippen molar-refractivity contribution in [2.45, 2.75) is 36.8 Å². The highest BCUT2D eigenvalue weighted by atomic mass is 32.2. The van der Waals surface area contributed by atoms with Gasteiger partial charge >= 0.3 is 0 Å². The summed E-state index contributed by atoms with van der Waals surface area (Å²) in [5.41, 5.74) is 1.28.